The Morgan fingerprint density at radius 3 is 2.69 bits per heavy atom. The minimum Gasteiger partial charge on any atom is -0.390 e. The number of halogens is 1. The molecule has 0 amide bonds. The molecule has 1 aromatic rings. The van der Waals surface area contributed by atoms with Crippen LogP contribution in [0.15, 0.2) is 12.4 Å². The van der Waals surface area contributed by atoms with Crippen LogP contribution in [0.3, 0.4) is 0 Å². The molecule has 5 rings (SSSR count). The lowest BCUT2D eigenvalue weighted by molar-refractivity contribution is -0.133. The zero-order chi connectivity index (χ0) is 20.4. The van der Waals surface area contributed by atoms with E-state index in [1.54, 1.807) is 0 Å². The van der Waals surface area contributed by atoms with Crippen molar-refractivity contribution >= 4 is 5.78 Å². The van der Waals surface area contributed by atoms with Gasteiger partial charge in [0.15, 0.2) is 11.6 Å². The number of hydrogen-bond acceptors (Lipinski definition) is 3. The summed E-state index contributed by atoms with van der Waals surface area (Å²) in [6, 6.07) is 0. The van der Waals surface area contributed by atoms with E-state index in [9.17, 15) is 14.3 Å². The van der Waals surface area contributed by atoms with Crippen molar-refractivity contribution in [3.05, 3.63) is 18.2 Å². The van der Waals surface area contributed by atoms with Gasteiger partial charge in [-0.05, 0) is 99.7 Å². The Bertz CT molecular complexity index is 790. The highest BCUT2D eigenvalue weighted by atomic mass is 19.1. The van der Waals surface area contributed by atoms with E-state index in [0.29, 0.717) is 11.8 Å². The predicted molar refractivity (Wildman–Crippen MR) is 108 cm³/mol. The van der Waals surface area contributed by atoms with Gasteiger partial charge in [-0.25, -0.2) is 4.39 Å². The average molecular weight is 403 g/mol. The highest BCUT2D eigenvalue weighted by molar-refractivity contribution is 5.82. The summed E-state index contributed by atoms with van der Waals surface area (Å²) in [4.78, 5) is 13.1. The highest BCUT2D eigenvalue weighted by Gasteiger charge is 2.58. The first kappa shape index (κ1) is 19.7. The molecule has 0 saturated heterocycles. The van der Waals surface area contributed by atoms with Gasteiger partial charge in [0.1, 0.15) is 0 Å². The molecule has 1 heterocycles. The molecule has 0 aliphatic heterocycles. The van der Waals surface area contributed by atoms with E-state index in [1.165, 1.54) is 42.8 Å². The molecule has 4 aliphatic carbocycles. The number of Topliss-reactive ketones (excluding diaryl/α,β-unsaturated/α-hetero) is 1. The summed E-state index contributed by atoms with van der Waals surface area (Å²) >= 11 is 0. The first-order chi connectivity index (χ1) is 13.8. The van der Waals surface area contributed by atoms with Gasteiger partial charge in [-0.3, -0.25) is 9.48 Å². The predicted octanol–water partition coefficient (Wildman–Crippen LogP) is 4.61. The Labute approximate surface area is 173 Å². The van der Waals surface area contributed by atoms with Gasteiger partial charge in [-0.15, -0.1) is 0 Å². The van der Waals surface area contributed by atoms with Crippen LogP contribution in [0.2, 0.25) is 0 Å². The van der Waals surface area contributed by atoms with E-state index in [2.05, 4.69) is 12.0 Å². The molecule has 1 aromatic heterocycles. The van der Waals surface area contributed by atoms with Crippen LogP contribution in [0.4, 0.5) is 4.39 Å². The Balaban J connectivity index is 1.31. The second-order valence-corrected chi connectivity index (χ2v) is 11.2. The maximum Gasteiger partial charge on any atom is 0.161 e. The van der Waals surface area contributed by atoms with Crippen molar-refractivity contribution in [1.82, 2.24) is 9.78 Å². The Kier molecular flexibility index (Phi) is 4.69. The van der Waals surface area contributed by atoms with E-state index in [-0.39, 0.29) is 29.5 Å². The molecule has 4 saturated carbocycles. The van der Waals surface area contributed by atoms with Crippen LogP contribution in [0.5, 0.6) is 0 Å². The normalized spacial score (nSPS) is 46.6. The van der Waals surface area contributed by atoms with Crippen molar-refractivity contribution in [1.29, 1.82) is 0 Å². The Hall–Kier alpha value is -1.23. The number of aromatic nitrogens is 2. The van der Waals surface area contributed by atoms with E-state index < -0.39 is 5.60 Å². The summed E-state index contributed by atoms with van der Waals surface area (Å²) in [6.07, 6.45) is 12.6. The lowest BCUT2D eigenvalue weighted by atomic mass is 9.49. The molecule has 160 valence electrons. The molecular formula is C24H35FN2O2. The third-order valence-electron chi connectivity index (χ3n) is 9.55. The third kappa shape index (κ3) is 3.28. The summed E-state index contributed by atoms with van der Waals surface area (Å²) in [5.41, 5.74) is -0.370. The van der Waals surface area contributed by atoms with Crippen molar-refractivity contribution in [2.45, 2.75) is 83.8 Å². The van der Waals surface area contributed by atoms with Crippen LogP contribution in [-0.4, -0.2) is 26.3 Å². The van der Waals surface area contributed by atoms with Gasteiger partial charge in [0.25, 0.3) is 0 Å². The minimum absolute atomic E-state index is 0.0884. The van der Waals surface area contributed by atoms with Gasteiger partial charge in [0.05, 0.1) is 24.5 Å². The smallest absolute Gasteiger partial charge is 0.161 e. The monoisotopic (exact) mass is 402 g/mol. The van der Waals surface area contributed by atoms with Crippen LogP contribution in [0.1, 0.15) is 71.6 Å². The molecule has 4 fully saturated rings. The quantitative estimate of drug-likeness (QED) is 0.803. The molecule has 0 unspecified atom stereocenters. The molecule has 5 heteroatoms. The van der Waals surface area contributed by atoms with Gasteiger partial charge in [-0.2, -0.15) is 5.10 Å². The largest absolute Gasteiger partial charge is 0.390 e. The Morgan fingerprint density at radius 2 is 1.93 bits per heavy atom. The van der Waals surface area contributed by atoms with Crippen molar-refractivity contribution in [2.24, 2.45) is 40.9 Å². The molecule has 0 spiro atoms. The fourth-order valence-corrected chi connectivity index (χ4v) is 8.31. The first-order valence-electron chi connectivity index (χ1n) is 11.7. The summed E-state index contributed by atoms with van der Waals surface area (Å²) < 4.78 is 14.7. The average Bonchev–Trinajstić information content (AvgIpc) is 3.22. The number of ketones is 1. The maximum atomic E-state index is 13.3. The molecule has 0 radical (unpaired) electrons. The van der Waals surface area contributed by atoms with E-state index in [4.69, 9.17) is 0 Å². The summed E-state index contributed by atoms with van der Waals surface area (Å²) in [7, 11) is 0. The van der Waals surface area contributed by atoms with Crippen LogP contribution >= 0.6 is 0 Å². The van der Waals surface area contributed by atoms with Gasteiger partial charge in [0, 0.05) is 5.92 Å². The molecule has 29 heavy (non-hydrogen) atoms. The molecule has 4 nitrogen and oxygen atoms in total. The number of fused-ring (bicyclic) bond motifs is 5. The van der Waals surface area contributed by atoms with E-state index in [0.717, 1.165) is 49.9 Å². The molecule has 8 atom stereocenters. The lowest BCUT2D eigenvalue weighted by Gasteiger charge is -2.56. The van der Waals surface area contributed by atoms with Gasteiger partial charge >= 0.3 is 0 Å². The first-order valence-corrected chi connectivity index (χ1v) is 11.7. The van der Waals surface area contributed by atoms with Crippen LogP contribution in [0, 0.1) is 46.7 Å². The number of aliphatic hydroxyl groups is 1. The number of nitrogens with zero attached hydrogens (tertiary/aromatic N) is 2. The van der Waals surface area contributed by atoms with Crippen molar-refractivity contribution in [3.63, 3.8) is 0 Å². The third-order valence-corrected chi connectivity index (χ3v) is 9.55. The van der Waals surface area contributed by atoms with E-state index in [1.807, 2.05) is 6.92 Å². The molecule has 1 N–H and O–H groups in total. The summed E-state index contributed by atoms with van der Waals surface area (Å²) in [5.74, 6) is 3.60. The molecule has 0 aromatic carbocycles. The number of carbonyl (C=O) groups excluding carboxylic acids is 1. The second kappa shape index (κ2) is 6.90. The molecule has 0 bridgehead atoms. The van der Waals surface area contributed by atoms with E-state index >= 15 is 0 Å². The van der Waals surface area contributed by atoms with Crippen molar-refractivity contribution < 1.29 is 14.3 Å². The Morgan fingerprint density at radius 1 is 1.14 bits per heavy atom. The minimum atomic E-state index is -0.464. The van der Waals surface area contributed by atoms with Crippen LogP contribution < -0.4 is 0 Å². The topological polar surface area (TPSA) is 55.1 Å². The van der Waals surface area contributed by atoms with Gasteiger partial charge in [0.2, 0.25) is 0 Å². The highest BCUT2D eigenvalue weighted by Crippen LogP contribution is 2.64. The molecule has 4 aliphatic rings. The lowest BCUT2D eigenvalue weighted by Crippen LogP contribution is -2.51. The standard InChI is InChI=1S/C24H35FN2O2/c1-23(29)9-7-17-15(11-23)3-4-19-18(17)8-10-24(2)20(19)5-6-21(24)22(28)14-27-13-16(25)12-26-27/h12-13,15,17-21,29H,3-11,14H2,1-2H3/t15-,17+,18-,19-,20+,21-,23-,24+/m1/s1. The number of carbonyl (C=O) groups is 1. The maximum absolute atomic E-state index is 13.3. The zero-order valence-corrected chi connectivity index (χ0v) is 17.8. The fraction of sp³-hybridized carbons (Fsp3) is 0.833. The van der Waals surface area contributed by atoms with Crippen molar-refractivity contribution in [2.75, 3.05) is 0 Å². The van der Waals surface area contributed by atoms with Crippen LogP contribution in [-0.2, 0) is 11.3 Å². The zero-order valence-electron chi connectivity index (χ0n) is 17.8. The fourth-order valence-electron chi connectivity index (χ4n) is 8.31. The van der Waals surface area contributed by atoms with Crippen molar-refractivity contribution in [3.8, 4) is 0 Å². The summed E-state index contributed by atoms with van der Waals surface area (Å²) in [5, 5.41) is 14.5. The summed E-state index contributed by atoms with van der Waals surface area (Å²) in [6.45, 7) is 4.58. The van der Waals surface area contributed by atoms with Crippen LogP contribution in [0.25, 0.3) is 0 Å². The SMILES string of the molecule is C[C@@]1(O)CC[C@H]2[C@H](CC[C@@H]3[C@@H]2CC[C@]2(C)[C@@H](C(=O)Cn4cc(F)cn4)CC[C@@H]32)C1. The number of rotatable bonds is 3. The van der Waals surface area contributed by atoms with Gasteiger partial charge in [-0.1, -0.05) is 6.92 Å². The molecular weight excluding hydrogens is 367 g/mol. The van der Waals surface area contributed by atoms with Gasteiger partial charge < -0.3 is 5.11 Å². The number of hydrogen-bond donors (Lipinski definition) is 1. The second-order valence-electron chi connectivity index (χ2n) is 11.2.